The van der Waals surface area contributed by atoms with Crippen molar-refractivity contribution < 1.29 is 35.4 Å². The third-order valence-electron chi connectivity index (χ3n) is 10.0. The van der Waals surface area contributed by atoms with Crippen molar-refractivity contribution >= 4 is 116 Å². The number of carboxylic acid groups (broad SMARTS) is 3. The molecule has 8 nitrogen and oxygen atoms in total. The van der Waals surface area contributed by atoms with Crippen LogP contribution in [0.15, 0.2) is 12.7 Å². The van der Waals surface area contributed by atoms with Crippen molar-refractivity contribution in [1.82, 2.24) is 12.3 Å². The average Bonchev–Trinajstić information content (AvgIpc) is 3.13. The number of carbonyl (C=O) groups is 3. The molecule has 9 N–H and O–H groups in total. The zero-order valence-corrected chi connectivity index (χ0v) is 47.3. The summed E-state index contributed by atoms with van der Waals surface area (Å²) in [6.07, 6.45) is 50.5. The summed E-state index contributed by atoms with van der Waals surface area (Å²) >= 11 is 0. The molecule has 57 heavy (non-hydrogen) atoms. The summed E-state index contributed by atoms with van der Waals surface area (Å²) in [7, 11) is 0. The van der Waals surface area contributed by atoms with Gasteiger partial charge < -0.3 is 33.3 Å². The molecule has 10 heteroatoms. The van der Waals surface area contributed by atoms with Gasteiger partial charge in [-0.25, -0.2) is 0 Å². The van der Waals surface area contributed by atoms with Gasteiger partial charge in [-0.3, -0.25) is 14.4 Å². The Morgan fingerprint density at radius 2 is 0.509 bits per heavy atom. The predicted octanol–water partition coefficient (Wildman–Crippen LogP) is 16.1. The van der Waals surface area contributed by atoms with Gasteiger partial charge >= 0.3 is 116 Å². The first-order valence-corrected chi connectivity index (χ1v) is 23.1. The Morgan fingerprint density at radius 3 is 0.667 bits per heavy atom. The van der Waals surface area contributed by atoms with E-state index in [1.165, 1.54) is 193 Å². The van der Waals surface area contributed by atoms with E-state index in [4.69, 9.17) is 15.3 Å². The molecule has 0 atom stereocenters. The Hall–Kier alpha value is 1.21. The molecule has 0 rings (SSSR count). The number of allylic oxidation sites excluding steroid dienone is 1. The van der Waals surface area contributed by atoms with Crippen LogP contribution in [0.4, 0.5) is 0 Å². The summed E-state index contributed by atoms with van der Waals surface area (Å²) in [6, 6.07) is 0. The van der Waals surface area contributed by atoms with Crippen LogP contribution in [-0.4, -0.2) is 131 Å². The number of unbranched alkanes of at least 4 members (excludes halogenated alkanes) is 34. The molecule has 0 bridgehead atoms. The zero-order valence-electron chi connectivity index (χ0n) is 42.5. The fraction of sp³-hybridized carbons (Fsp3) is 0.894. The molecule has 0 amide bonds. The second-order valence-electron chi connectivity index (χ2n) is 15.5. The van der Waals surface area contributed by atoms with Crippen LogP contribution < -0.4 is 12.3 Å². The molecular formula is C47H102Ba2N2O6. The molecule has 0 aliphatic rings. The van der Waals surface area contributed by atoms with Crippen molar-refractivity contribution in [3.63, 3.8) is 0 Å². The third kappa shape index (κ3) is 85.3. The minimum atomic E-state index is -0.674. The van der Waals surface area contributed by atoms with E-state index in [0.29, 0.717) is 19.3 Å². The van der Waals surface area contributed by atoms with Gasteiger partial charge in [-0.1, -0.05) is 225 Å². The maximum Gasteiger partial charge on any atom is 2.00 e. The monoisotopic (exact) mass is 1070 g/mol. The summed E-state index contributed by atoms with van der Waals surface area (Å²) in [5.41, 5.74) is 0. The Morgan fingerprint density at radius 1 is 0.351 bits per heavy atom. The molecule has 0 unspecified atom stereocenters. The average molecular weight is 1070 g/mol. The van der Waals surface area contributed by atoms with E-state index < -0.39 is 17.9 Å². The van der Waals surface area contributed by atoms with E-state index in [1.807, 2.05) is 6.08 Å². The van der Waals surface area contributed by atoms with Gasteiger partial charge in [0.25, 0.3) is 0 Å². The Kier molecular flexibility index (Phi) is 87.9. The first-order chi connectivity index (χ1) is 25.8. The molecule has 0 aromatic carbocycles. The van der Waals surface area contributed by atoms with Gasteiger partial charge in [-0.2, -0.15) is 0 Å². The van der Waals surface area contributed by atoms with Gasteiger partial charge in [-0.15, -0.1) is 6.58 Å². The number of aliphatic carboxylic acids is 3. The fourth-order valence-electron chi connectivity index (χ4n) is 6.57. The van der Waals surface area contributed by atoms with E-state index in [-0.39, 0.29) is 116 Å². The van der Waals surface area contributed by atoms with Crippen molar-refractivity contribution in [1.29, 1.82) is 0 Å². The summed E-state index contributed by atoms with van der Waals surface area (Å²) in [4.78, 5) is 30.8. The molecule has 0 aromatic rings. The third-order valence-corrected chi connectivity index (χ3v) is 10.0. The molecule has 0 aromatic heterocycles. The normalized spacial score (nSPS) is 9.86. The number of hydrogen-bond donors (Lipinski definition) is 5. The van der Waals surface area contributed by atoms with Crippen molar-refractivity contribution in [2.45, 2.75) is 271 Å². The predicted molar refractivity (Wildman–Crippen MR) is 255 cm³/mol. The van der Waals surface area contributed by atoms with Crippen LogP contribution in [0.25, 0.3) is 0 Å². The van der Waals surface area contributed by atoms with Crippen molar-refractivity contribution in [2.24, 2.45) is 0 Å². The van der Waals surface area contributed by atoms with Crippen LogP contribution in [0.1, 0.15) is 276 Å². The van der Waals surface area contributed by atoms with Crippen LogP contribution in [-0.2, 0) is 14.4 Å². The van der Waals surface area contributed by atoms with E-state index in [2.05, 4.69) is 20.4 Å². The van der Waals surface area contributed by atoms with Crippen LogP contribution in [0, 0.1) is 0 Å². The number of carboxylic acids is 3. The van der Waals surface area contributed by atoms with Gasteiger partial charge in [-0.05, 0) is 32.1 Å². The molecule has 0 fully saturated rings. The minimum Gasteiger partial charge on any atom is -1.00 e. The summed E-state index contributed by atoms with van der Waals surface area (Å²) in [5, 5.41) is 25.4. The zero-order chi connectivity index (χ0) is 39.7. The molecule has 0 radical (unpaired) electrons. The van der Waals surface area contributed by atoms with Gasteiger partial charge in [0, 0.05) is 19.3 Å². The van der Waals surface area contributed by atoms with Crippen LogP contribution in [0.3, 0.4) is 0 Å². The minimum absolute atomic E-state index is 0. The molecule has 0 saturated heterocycles. The molecule has 0 spiro atoms. The Labute approximate surface area is 441 Å². The molecule has 0 aliphatic carbocycles. The maximum atomic E-state index is 10.3. The summed E-state index contributed by atoms with van der Waals surface area (Å²) in [6.45, 7) is 8.20. The first kappa shape index (κ1) is 72.7. The second-order valence-corrected chi connectivity index (χ2v) is 15.5. The summed E-state index contributed by atoms with van der Waals surface area (Å²) in [5.74, 6) is -1.98. The van der Waals surface area contributed by atoms with Gasteiger partial charge in [0.1, 0.15) is 0 Å². The largest absolute Gasteiger partial charge is 2.00 e. The standard InChI is InChI=1S/2C18H36O2.C11H20O2.2Ba.2H3N.4H/c2*1-2-3-4-5-6-7-8-9-10-11-12-13-14-15-16-17-18(19)20;1-2-3-4-5-6-7-8-9-10-11(12)13;;;;;;;;/h2*2-17H2,1H3,(H,19,20);2H,1,3-10H2,(H,12,13);;;2*1H3;;;;/q;;;2*+2;;;4*-1. The fourth-order valence-corrected chi connectivity index (χ4v) is 6.57. The summed E-state index contributed by atoms with van der Waals surface area (Å²) < 4.78 is 0. The molecule has 0 heterocycles. The van der Waals surface area contributed by atoms with E-state index >= 15 is 0 Å². The van der Waals surface area contributed by atoms with Crippen molar-refractivity contribution in [2.75, 3.05) is 0 Å². The van der Waals surface area contributed by atoms with Gasteiger partial charge in [0.05, 0.1) is 0 Å². The molecule has 340 valence electrons. The van der Waals surface area contributed by atoms with Gasteiger partial charge in [0.15, 0.2) is 0 Å². The second kappa shape index (κ2) is 68.9. The van der Waals surface area contributed by atoms with Crippen molar-refractivity contribution in [3.05, 3.63) is 12.7 Å². The van der Waals surface area contributed by atoms with E-state index in [0.717, 1.165) is 44.9 Å². The van der Waals surface area contributed by atoms with Gasteiger partial charge in [0.2, 0.25) is 0 Å². The number of rotatable bonds is 41. The van der Waals surface area contributed by atoms with E-state index in [1.54, 1.807) is 0 Å². The molecule has 0 saturated carbocycles. The number of hydrogen-bond acceptors (Lipinski definition) is 5. The first-order valence-electron chi connectivity index (χ1n) is 23.1. The Bertz CT molecular complexity index is 739. The topological polar surface area (TPSA) is 182 Å². The SMILES string of the molecule is C=CCCCCCCCCC(=O)O.CCCCCCCCCCCCCCCCCC(=O)O.CCCCCCCCCCCCCCCCCC(=O)O.N.N.[Ba+2].[Ba+2].[H-].[H-].[H-].[H-]. The van der Waals surface area contributed by atoms with Crippen molar-refractivity contribution in [3.8, 4) is 0 Å². The van der Waals surface area contributed by atoms with Crippen LogP contribution in [0.2, 0.25) is 0 Å². The van der Waals surface area contributed by atoms with Crippen LogP contribution in [0.5, 0.6) is 0 Å². The molecular weight excluding hydrogens is 963 g/mol. The molecule has 0 aliphatic heterocycles. The van der Waals surface area contributed by atoms with E-state index in [9.17, 15) is 14.4 Å². The maximum absolute atomic E-state index is 10.3. The smallest absolute Gasteiger partial charge is 1.00 e. The van der Waals surface area contributed by atoms with Crippen LogP contribution >= 0.6 is 0 Å². The Balaban J connectivity index is -0.0000000654. The quantitative estimate of drug-likeness (QED) is 0.0228.